The number of carbonyl (C=O) groups excluding carboxylic acids is 1. The van der Waals surface area contributed by atoms with Crippen molar-refractivity contribution in [3.8, 4) is 0 Å². The molecular formula is C3H4O5. The summed E-state index contributed by atoms with van der Waals surface area (Å²) >= 11 is 0. The zero-order chi connectivity index (χ0) is 6.78. The number of carboxylic acid groups (broad SMARTS) is 1. The first kappa shape index (κ1) is 7.06. The number of carboxylic acids is 1. The predicted octanol–water partition coefficient (Wildman–Crippen LogP) is -2.05. The van der Waals surface area contributed by atoms with Crippen LogP contribution in [0.15, 0.2) is 0 Å². The third kappa shape index (κ3) is 1.28. The van der Waals surface area contributed by atoms with Gasteiger partial charge in [-0.15, -0.1) is 0 Å². The molecule has 0 rings (SSSR count). The van der Waals surface area contributed by atoms with Gasteiger partial charge < -0.3 is 15.3 Å². The lowest BCUT2D eigenvalue weighted by molar-refractivity contribution is -0.196. The van der Waals surface area contributed by atoms with Crippen molar-refractivity contribution in [1.82, 2.24) is 0 Å². The highest BCUT2D eigenvalue weighted by Gasteiger charge is 2.31. The zero-order valence-corrected chi connectivity index (χ0v) is 3.74. The van der Waals surface area contributed by atoms with E-state index >= 15 is 0 Å². The lowest BCUT2D eigenvalue weighted by atomic mass is 10.3. The fourth-order valence-electron chi connectivity index (χ4n) is 0.0504. The first-order valence-electron chi connectivity index (χ1n) is 1.65. The summed E-state index contributed by atoms with van der Waals surface area (Å²) in [5.74, 6) is -5.20. The molecule has 0 bridgehead atoms. The second-order valence-corrected chi connectivity index (χ2v) is 1.15. The Hall–Kier alpha value is -0.940. The van der Waals surface area contributed by atoms with Crippen LogP contribution in [-0.2, 0) is 9.59 Å². The van der Waals surface area contributed by atoms with Crippen molar-refractivity contribution in [2.75, 3.05) is 0 Å². The first-order valence-corrected chi connectivity index (χ1v) is 1.65. The first-order chi connectivity index (χ1) is 3.50. The molecule has 0 saturated carbocycles. The van der Waals surface area contributed by atoms with Crippen LogP contribution in [0.25, 0.3) is 0 Å². The number of aldehydes is 1. The maximum Gasteiger partial charge on any atom is 0.372 e. The molecule has 5 heteroatoms. The number of hydrogen-bond donors (Lipinski definition) is 3. The van der Waals surface area contributed by atoms with Crippen LogP contribution in [0.5, 0.6) is 0 Å². The van der Waals surface area contributed by atoms with Crippen LogP contribution in [0, 0.1) is 0 Å². The second kappa shape index (κ2) is 1.89. The van der Waals surface area contributed by atoms with Gasteiger partial charge in [0.05, 0.1) is 0 Å². The molecule has 8 heavy (non-hydrogen) atoms. The average molecular weight is 120 g/mol. The zero-order valence-electron chi connectivity index (χ0n) is 3.74. The molecule has 0 heterocycles. The fraction of sp³-hybridized carbons (Fsp3) is 0.333. The van der Waals surface area contributed by atoms with Crippen molar-refractivity contribution in [3.05, 3.63) is 0 Å². The van der Waals surface area contributed by atoms with E-state index in [0.717, 1.165) is 0 Å². The van der Waals surface area contributed by atoms with Gasteiger partial charge >= 0.3 is 11.8 Å². The van der Waals surface area contributed by atoms with Crippen LogP contribution in [0.1, 0.15) is 0 Å². The molecule has 0 aliphatic heterocycles. The van der Waals surface area contributed by atoms with Crippen molar-refractivity contribution in [2.45, 2.75) is 5.79 Å². The Labute approximate surface area is 44.2 Å². The van der Waals surface area contributed by atoms with Crippen LogP contribution >= 0.6 is 0 Å². The highest BCUT2D eigenvalue weighted by atomic mass is 16.5. The normalized spacial score (nSPS) is 10.8. The minimum absolute atomic E-state index is 0.477. The number of rotatable bonds is 2. The highest BCUT2D eigenvalue weighted by molar-refractivity contribution is 5.92. The molecule has 0 unspecified atom stereocenters. The molecule has 0 aromatic carbocycles. The lowest BCUT2D eigenvalue weighted by Crippen LogP contribution is -2.39. The monoisotopic (exact) mass is 120 g/mol. The van der Waals surface area contributed by atoms with Crippen LogP contribution in [0.2, 0.25) is 0 Å². The number of hydrogen-bond acceptors (Lipinski definition) is 4. The molecule has 0 aliphatic carbocycles. The summed E-state index contributed by atoms with van der Waals surface area (Å²) in [4.78, 5) is 18.9. The quantitative estimate of drug-likeness (QED) is 0.221. The molecule has 0 spiro atoms. The Kier molecular flexibility index (Phi) is 1.67. The number of aliphatic carboxylic acids is 1. The molecule has 3 N–H and O–H groups in total. The lowest BCUT2D eigenvalue weighted by Gasteiger charge is -2.04. The molecule has 0 aromatic rings. The van der Waals surface area contributed by atoms with Crippen molar-refractivity contribution >= 4 is 12.3 Å². The molecule has 0 fully saturated rings. The average Bonchev–Trinajstić information content (AvgIpc) is 1.67. The molecular weight excluding hydrogens is 116 g/mol. The Morgan fingerprint density at radius 3 is 1.88 bits per heavy atom. The van der Waals surface area contributed by atoms with E-state index in [2.05, 4.69) is 0 Å². The van der Waals surface area contributed by atoms with Gasteiger partial charge in [-0.05, 0) is 0 Å². The molecule has 5 nitrogen and oxygen atoms in total. The molecule has 0 saturated heterocycles. The molecule has 0 radical (unpaired) electrons. The molecule has 0 aromatic heterocycles. The van der Waals surface area contributed by atoms with E-state index in [1.54, 1.807) is 0 Å². The molecule has 0 amide bonds. The summed E-state index contributed by atoms with van der Waals surface area (Å²) in [6.07, 6.45) is -0.477. The minimum atomic E-state index is -3.22. The van der Waals surface area contributed by atoms with Gasteiger partial charge in [0.15, 0.2) is 6.29 Å². The second-order valence-electron chi connectivity index (χ2n) is 1.15. The van der Waals surface area contributed by atoms with E-state index in [-0.39, 0.29) is 0 Å². The summed E-state index contributed by atoms with van der Waals surface area (Å²) in [5, 5.41) is 23.7. The third-order valence-corrected chi connectivity index (χ3v) is 0.479. The van der Waals surface area contributed by atoms with E-state index in [1.165, 1.54) is 0 Å². The van der Waals surface area contributed by atoms with Gasteiger partial charge in [0, 0.05) is 0 Å². The topological polar surface area (TPSA) is 94.8 Å². The van der Waals surface area contributed by atoms with Gasteiger partial charge in [-0.3, -0.25) is 4.79 Å². The van der Waals surface area contributed by atoms with E-state index in [4.69, 9.17) is 15.3 Å². The van der Waals surface area contributed by atoms with Gasteiger partial charge in [0.1, 0.15) is 0 Å². The third-order valence-electron chi connectivity index (χ3n) is 0.479. The minimum Gasteiger partial charge on any atom is -0.477 e. The predicted molar refractivity (Wildman–Crippen MR) is 20.9 cm³/mol. The van der Waals surface area contributed by atoms with Crippen molar-refractivity contribution in [2.24, 2.45) is 0 Å². The summed E-state index contributed by atoms with van der Waals surface area (Å²) in [7, 11) is 0. The van der Waals surface area contributed by atoms with Crippen LogP contribution < -0.4 is 0 Å². The summed E-state index contributed by atoms with van der Waals surface area (Å²) in [5.41, 5.74) is 0. The largest absolute Gasteiger partial charge is 0.477 e. The van der Waals surface area contributed by atoms with E-state index < -0.39 is 18.0 Å². The van der Waals surface area contributed by atoms with E-state index in [9.17, 15) is 9.59 Å². The van der Waals surface area contributed by atoms with Gasteiger partial charge in [-0.2, -0.15) is 0 Å². The maximum absolute atomic E-state index is 9.52. The van der Waals surface area contributed by atoms with Crippen LogP contribution in [0.3, 0.4) is 0 Å². The number of aliphatic hydroxyl groups is 2. The molecule has 46 valence electrons. The Morgan fingerprint density at radius 1 is 1.50 bits per heavy atom. The smallest absolute Gasteiger partial charge is 0.372 e. The van der Waals surface area contributed by atoms with Crippen molar-refractivity contribution in [3.63, 3.8) is 0 Å². The molecule has 0 aliphatic rings. The molecule has 0 atom stereocenters. The highest BCUT2D eigenvalue weighted by Crippen LogP contribution is 1.90. The van der Waals surface area contributed by atoms with Crippen molar-refractivity contribution in [1.29, 1.82) is 0 Å². The van der Waals surface area contributed by atoms with E-state index in [0.29, 0.717) is 0 Å². The Bertz CT molecular complexity index is 115. The van der Waals surface area contributed by atoms with E-state index in [1.807, 2.05) is 0 Å². The summed E-state index contributed by atoms with van der Waals surface area (Å²) in [6, 6.07) is 0. The maximum atomic E-state index is 9.52. The Balaban J connectivity index is 4.12. The summed E-state index contributed by atoms with van der Waals surface area (Å²) in [6.45, 7) is 0. The summed E-state index contributed by atoms with van der Waals surface area (Å²) < 4.78 is 0. The SMILES string of the molecule is O=CC(O)(O)C(=O)O. The Morgan fingerprint density at radius 2 is 1.88 bits per heavy atom. The van der Waals surface area contributed by atoms with Crippen LogP contribution in [-0.4, -0.2) is 33.4 Å². The standard InChI is InChI=1S/C3H4O5/c4-1-3(7,8)2(5)6/h1,7-8H,(H,5,6). The van der Waals surface area contributed by atoms with Gasteiger partial charge in [-0.1, -0.05) is 0 Å². The number of carbonyl (C=O) groups is 2. The van der Waals surface area contributed by atoms with Crippen molar-refractivity contribution < 1.29 is 24.9 Å². The van der Waals surface area contributed by atoms with Gasteiger partial charge in [-0.25, -0.2) is 4.79 Å². The van der Waals surface area contributed by atoms with Gasteiger partial charge in [0.2, 0.25) is 0 Å². The van der Waals surface area contributed by atoms with Crippen LogP contribution in [0.4, 0.5) is 0 Å². The fourth-order valence-corrected chi connectivity index (χ4v) is 0.0504. The van der Waals surface area contributed by atoms with Gasteiger partial charge in [0.25, 0.3) is 0 Å².